The second-order valence-corrected chi connectivity index (χ2v) is 5.68. The van der Waals surface area contributed by atoms with Crippen molar-refractivity contribution in [1.82, 2.24) is 0 Å². The van der Waals surface area contributed by atoms with Crippen LogP contribution in [0.15, 0.2) is 53.1 Å². The molecular weight excluding hydrogens is 286 g/mol. The molecule has 0 saturated heterocycles. The number of anilines is 1. The monoisotopic (exact) mass is 307 g/mol. The lowest BCUT2D eigenvalue weighted by Crippen LogP contribution is -2.15. The molecule has 0 aliphatic carbocycles. The van der Waals surface area contributed by atoms with E-state index in [9.17, 15) is 4.79 Å². The van der Waals surface area contributed by atoms with Gasteiger partial charge >= 0.3 is 0 Å². The van der Waals surface area contributed by atoms with Gasteiger partial charge < -0.3 is 9.73 Å². The number of carbonyl (C=O) groups excluding carboxylic acids is 1. The van der Waals surface area contributed by atoms with Crippen LogP contribution in [0.4, 0.5) is 5.69 Å². The number of furan rings is 1. The normalized spacial score (nSPS) is 10.9. The van der Waals surface area contributed by atoms with Gasteiger partial charge in [0.15, 0.2) is 0 Å². The van der Waals surface area contributed by atoms with Crippen LogP contribution in [0, 0.1) is 0 Å². The number of benzene rings is 2. The third-order valence-corrected chi connectivity index (χ3v) is 4.15. The topological polar surface area (TPSA) is 42.2 Å². The number of amides is 1. The van der Waals surface area contributed by atoms with Crippen molar-refractivity contribution in [1.29, 1.82) is 0 Å². The fourth-order valence-corrected chi connectivity index (χ4v) is 2.80. The number of rotatable bonds is 5. The van der Waals surface area contributed by atoms with Gasteiger partial charge in [-0.3, -0.25) is 4.79 Å². The molecule has 23 heavy (non-hydrogen) atoms. The Bertz CT molecular complexity index is 833. The van der Waals surface area contributed by atoms with Crippen LogP contribution in [-0.4, -0.2) is 5.91 Å². The van der Waals surface area contributed by atoms with Crippen molar-refractivity contribution in [2.75, 3.05) is 5.32 Å². The minimum absolute atomic E-state index is 0.0181. The van der Waals surface area contributed by atoms with Gasteiger partial charge in [-0.2, -0.15) is 0 Å². The number of carbonyl (C=O) groups is 1. The number of fused-ring (bicyclic) bond motifs is 1. The smallest absolute Gasteiger partial charge is 0.228 e. The second-order valence-electron chi connectivity index (χ2n) is 5.68. The zero-order valence-corrected chi connectivity index (χ0v) is 13.6. The summed E-state index contributed by atoms with van der Waals surface area (Å²) in [6, 6.07) is 14.1. The molecule has 2 aromatic carbocycles. The molecule has 0 spiro atoms. The molecule has 0 fully saturated rings. The van der Waals surface area contributed by atoms with Crippen LogP contribution < -0.4 is 5.32 Å². The molecule has 1 amide bonds. The predicted octanol–water partition coefficient (Wildman–Crippen LogP) is 4.74. The lowest BCUT2D eigenvalue weighted by atomic mass is 10.1. The summed E-state index contributed by atoms with van der Waals surface area (Å²) in [7, 11) is 0. The van der Waals surface area contributed by atoms with E-state index in [4.69, 9.17) is 4.42 Å². The predicted molar refractivity (Wildman–Crippen MR) is 93.7 cm³/mol. The van der Waals surface area contributed by atoms with E-state index in [0.29, 0.717) is 6.42 Å². The maximum absolute atomic E-state index is 12.4. The first-order chi connectivity index (χ1) is 11.2. The van der Waals surface area contributed by atoms with Gasteiger partial charge in [-0.25, -0.2) is 0 Å². The first-order valence-corrected chi connectivity index (χ1v) is 8.08. The summed E-state index contributed by atoms with van der Waals surface area (Å²) in [5.74, 6) is -0.0181. The van der Waals surface area contributed by atoms with Gasteiger partial charge in [0, 0.05) is 16.6 Å². The molecule has 0 saturated carbocycles. The van der Waals surface area contributed by atoms with E-state index in [2.05, 4.69) is 31.3 Å². The number of hydrogen-bond donors (Lipinski definition) is 1. The highest BCUT2D eigenvalue weighted by Gasteiger charge is 2.12. The molecule has 0 atom stereocenters. The van der Waals surface area contributed by atoms with E-state index >= 15 is 0 Å². The highest BCUT2D eigenvalue weighted by Crippen LogP contribution is 2.24. The lowest BCUT2D eigenvalue weighted by Gasteiger charge is -2.09. The van der Waals surface area contributed by atoms with Crippen LogP contribution in [0.5, 0.6) is 0 Å². The Labute approximate surface area is 136 Å². The molecule has 0 radical (unpaired) electrons. The number of hydrogen-bond acceptors (Lipinski definition) is 2. The van der Waals surface area contributed by atoms with Crippen LogP contribution in [0.1, 0.15) is 30.5 Å². The second kappa shape index (κ2) is 6.69. The summed E-state index contributed by atoms with van der Waals surface area (Å²) in [5, 5.41) is 4.04. The van der Waals surface area contributed by atoms with E-state index < -0.39 is 0 Å². The third-order valence-electron chi connectivity index (χ3n) is 4.15. The molecule has 3 aromatic rings. The zero-order valence-electron chi connectivity index (χ0n) is 13.6. The van der Waals surface area contributed by atoms with Crippen molar-refractivity contribution in [2.45, 2.75) is 33.1 Å². The Kier molecular flexibility index (Phi) is 4.47. The van der Waals surface area contributed by atoms with Crippen LogP contribution in [-0.2, 0) is 24.1 Å². The first-order valence-electron chi connectivity index (χ1n) is 8.08. The maximum atomic E-state index is 12.4. The van der Waals surface area contributed by atoms with E-state index in [0.717, 1.165) is 40.6 Å². The Morgan fingerprint density at radius 2 is 1.87 bits per heavy atom. The molecule has 0 aliphatic rings. The summed E-state index contributed by atoms with van der Waals surface area (Å²) in [6.45, 7) is 4.20. The highest BCUT2D eigenvalue weighted by atomic mass is 16.3. The number of nitrogens with one attached hydrogen (secondary N) is 1. The minimum atomic E-state index is -0.0181. The van der Waals surface area contributed by atoms with Crippen LogP contribution in [0.3, 0.4) is 0 Å². The van der Waals surface area contributed by atoms with Gasteiger partial charge in [-0.15, -0.1) is 0 Å². The molecule has 1 aromatic heterocycles. The van der Waals surface area contributed by atoms with Crippen molar-refractivity contribution in [3.05, 3.63) is 65.4 Å². The SMILES string of the molecule is CCc1ccc2occ(CC(=O)Nc3ccccc3CC)c2c1. The zero-order chi connectivity index (χ0) is 16.2. The number of aryl methyl sites for hydroxylation is 2. The van der Waals surface area contributed by atoms with E-state index in [1.54, 1.807) is 6.26 Å². The fraction of sp³-hybridized carbons (Fsp3) is 0.250. The van der Waals surface area contributed by atoms with Gasteiger partial charge in [0.1, 0.15) is 5.58 Å². The summed E-state index contributed by atoms with van der Waals surface area (Å²) >= 11 is 0. The van der Waals surface area contributed by atoms with Crippen molar-refractivity contribution in [3.63, 3.8) is 0 Å². The molecular formula is C20H21NO2. The summed E-state index contributed by atoms with van der Waals surface area (Å²) in [6.07, 6.45) is 3.87. The van der Waals surface area contributed by atoms with Gasteiger partial charge in [0.05, 0.1) is 12.7 Å². The molecule has 0 bridgehead atoms. The van der Waals surface area contributed by atoms with Crippen molar-refractivity contribution in [2.24, 2.45) is 0 Å². The van der Waals surface area contributed by atoms with Gasteiger partial charge in [0.25, 0.3) is 0 Å². The van der Waals surface area contributed by atoms with E-state index in [-0.39, 0.29) is 5.91 Å². The van der Waals surface area contributed by atoms with Gasteiger partial charge in [-0.1, -0.05) is 38.1 Å². The Morgan fingerprint density at radius 1 is 1.04 bits per heavy atom. The molecule has 3 rings (SSSR count). The first kappa shape index (κ1) is 15.3. The van der Waals surface area contributed by atoms with Crippen LogP contribution in [0.2, 0.25) is 0 Å². The largest absolute Gasteiger partial charge is 0.464 e. The lowest BCUT2D eigenvalue weighted by molar-refractivity contribution is -0.115. The summed E-state index contributed by atoms with van der Waals surface area (Å²) in [4.78, 5) is 12.4. The van der Waals surface area contributed by atoms with Crippen molar-refractivity contribution in [3.8, 4) is 0 Å². The average Bonchev–Trinajstić information content (AvgIpc) is 2.97. The Balaban J connectivity index is 1.80. The van der Waals surface area contributed by atoms with E-state index in [1.165, 1.54) is 5.56 Å². The van der Waals surface area contributed by atoms with Crippen molar-refractivity contribution >= 4 is 22.6 Å². The molecule has 1 N–H and O–H groups in total. The standard InChI is InChI=1S/C20H21NO2/c1-3-14-9-10-19-17(11-14)16(13-23-19)12-20(22)21-18-8-6-5-7-15(18)4-2/h5-11,13H,3-4,12H2,1-2H3,(H,21,22). The van der Waals surface area contributed by atoms with Crippen LogP contribution in [0.25, 0.3) is 11.0 Å². The third kappa shape index (κ3) is 3.29. The average molecular weight is 307 g/mol. The molecule has 118 valence electrons. The molecule has 0 aliphatic heterocycles. The number of para-hydroxylation sites is 1. The maximum Gasteiger partial charge on any atom is 0.228 e. The minimum Gasteiger partial charge on any atom is -0.464 e. The summed E-state index contributed by atoms with van der Waals surface area (Å²) in [5.41, 5.74) is 5.05. The fourth-order valence-electron chi connectivity index (χ4n) is 2.80. The van der Waals surface area contributed by atoms with E-state index in [1.807, 2.05) is 30.3 Å². The highest BCUT2D eigenvalue weighted by molar-refractivity contribution is 5.95. The Hall–Kier alpha value is -2.55. The quantitative estimate of drug-likeness (QED) is 0.740. The Morgan fingerprint density at radius 3 is 2.65 bits per heavy atom. The molecule has 3 heteroatoms. The van der Waals surface area contributed by atoms with Crippen molar-refractivity contribution < 1.29 is 9.21 Å². The molecule has 3 nitrogen and oxygen atoms in total. The van der Waals surface area contributed by atoms with Gasteiger partial charge in [-0.05, 0) is 42.2 Å². The van der Waals surface area contributed by atoms with Crippen LogP contribution >= 0.6 is 0 Å². The summed E-state index contributed by atoms with van der Waals surface area (Å²) < 4.78 is 5.56. The van der Waals surface area contributed by atoms with Gasteiger partial charge in [0.2, 0.25) is 5.91 Å². The molecule has 0 unspecified atom stereocenters. The molecule has 1 heterocycles.